The van der Waals surface area contributed by atoms with Crippen LogP contribution in [0.3, 0.4) is 0 Å². The maximum Gasteiger partial charge on any atom is 0.281 e. The molecule has 4 aromatic rings. The lowest BCUT2D eigenvalue weighted by Crippen LogP contribution is -2.27. The van der Waals surface area contributed by atoms with Gasteiger partial charge in [0.2, 0.25) is 12.2 Å². The molecule has 32 heavy (non-hydrogen) atoms. The van der Waals surface area contributed by atoms with E-state index < -0.39 is 17.2 Å². The number of carbonyl (C=O) groups excluding carboxylic acids is 1. The van der Waals surface area contributed by atoms with Crippen molar-refractivity contribution < 1.29 is 18.7 Å². The fraction of sp³-hybridized carbons (Fsp3) is 0.0909. The number of anilines is 1. The summed E-state index contributed by atoms with van der Waals surface area (Å²) < 4.78 is 26.1. The monoisotopic (exact) mass is 450 g/mol. The fourth-order valence-corrected chi connectivity index (χ4v) is 3.96. The van der Waals surface area contributed by atoms with Crippen LogP contribution in [0.2, 0.25) is 0 Å². The van der Waals surface area contributed by atoms with E-state index in [9.17, 15) is 14.0 Å². The predicted molar refractivity (Wildman–Crippen MR) is 116 cm³/mol. The van der Waals surface area contributed by atoms with Gasteiger partial charge in [0.25, 0.3) is 5.91 Å². The van der Waals surface area contributed by atoms with E-state index in [1.54, 1.807) is 36.6 Å². The summed E-state index contributed by atoms with van der Waals surface area (Å²) in [7, 11) is 0. The number of amides is 1. The molecule has 0 unspecified atom stereocenters. The SMILES string of the molecule is Cc1cc(=O)c(C(=O)Nc2nc(-c3ccc4c(c3)OCO4)cs2)nn1-c1ccccc1F. The number of aromatic nitrogens is 3. The van der Waals surface area contributed by atoms with E-state index in [1.807, 2.05) is 6.07 Å². The van der Waals surface area contributed by atoms with Crippen LogP contribution in [-0.2, 0) is 0 Å². The van der Waals surface area contributed by atoms with Crippen molar-refractivity contribution in [3.63, 3.8) is 0 Å². The molecule has 1 aliphatic heterocycles. The second kappa shape index (κ2) is 7.89. The highest BCUT2D eigenvalue weighted by Gasteiger charge is 2.19. The fourth-order valence-electron chi connectivity index (χ4n) is 3.25. The van der Waals surface area contributed by atoms with Crippen molar-refractivity contribution in [3.8, 4) is 28.4 Å². The van der Waals surface area contributed by atoms with Gasteiger partial charge in [-0.2, -0.15) is 5.10 Å². The minimum absolute atomic E-state index is 0.137. The molecule has 8 nitrogen and oxygen atoms in total. The largest absolute Gasteiger partial charge is 0.454 e. The minimum Gasteiger partial charge on any atom is -0.454 e. The van der Waals surface area contributed by atoms with Crippen LogP contribution in [0.1, 0.15) is 16.2 Å². The van der Waals surface area contributed by atoms with E-state index >= 15 is 0 Å². The molecule has 5 rings (SSSR count). The highest BCUT2D eigenvalue weighted by Crippen LogP contribution is 2.36. The highest BCUT2D eigenvalue weighted by molar-refractivity contribution is 7.14. The molecule has 0 spiro atoms. The molecule has 3 heterocycles. The molecule has 0 saturated heterocycles. The van der Waals surface area contributed by atoms with Crippen LogP contribution in [0.25, 0.3) is 16.9 Å². The topological polar surface area (TPSA) is 95.3 Å². The molecule has 0 aliphatic carbocycles. The number of nitrogens with one attached hydrogen (secondary N) is 1. The first-order valence-electron chi connectivity index (χ1n) is 9.52. The molecule has 160 valence electrons. The van der Waals surface area contributed by atoms with Crippen molar-refractivity contribution in [2.45, 2.75) is 6.92 Å². The Morgan fingerprint density at radius 3 is 2.81 bits per heavy atom. The summed E-state index contributed by atoms with van der Waals surface area (Å²) in [5, 5.41) is 8.76. The Kier molecular flexibility index (Phi) is 4.91. The van der Waals surface area contributed by atoms with Gasteiger partial charge in [0.1, 0.15) is 11.5 Å². The number of benzene rings is 2. The van der Waals surface area contributed by atoms with Crippen LogP contribution in [0, 0.1) is 12.7 Å². The zero-order valence-electron chi connectivity index (χ0n) is 16.7. The number of fused-ring (bicyclic) bond motifs is 1. The van der Waals surface area contributed by atoms with Crippen molar-refractivity contribution in [2.75, 3.05) is 12.1 Å². The number of carbonyl (C=O) groups is 1. The second-order valence-corrected chi connectivity index (χ2v) is 7.78. The summed E-state index contributed by atoms with van der Waals surface area (Å²) in [6.07, 6.45) is 0. The summed E-state index contributed by atoms with van der Waals surface area (Å²) >= 11 is 1.20. The summed E-state index contributed by atoms with van der Waals surface area (Å²) in [6, 6.07) is 12.7. The maximum absolute atomic E-state index is 14.2. The van der Waals surface area contributed by atoms with Gasteiger partial charge in [-0.3, -0.25) is 14.9 Å². The zero-order chi connectivity index (χ0) is 22.2. The standard InChI is InChI=1S/C22H15FN4O4S/c1-12-8-17(28)20(26-27(12)16-5-3-2-4-14(16)23)21(29)25-22-24-15(10-32-22)13-6-7-18-19(9-13)31-11-30-18/h2-10H,11H2,1H3,(H,24,25,29). The summed E-state index contributed by atoms with van der Waals surface area (Å²) in [4.78, 5) is 29.6. The molecule has 0 saturated carbocycles. The van der Waals surface area contributed by atoms with Gasteiger partial charge in [0.15, 0.2) is 22.3 Å². The minimum atomic E-state index is -0.730. The van der Waals surface area contributed by atoms with E-state index in [1.165, 1.54) is 34.2 Å². The van der Waals surface area contributed by atoms with E-state index in [0.717, 1.165) is 5.56 Å². The lowest BCUT2D eigenvalue weighted by molar-refractivity contribution is 0.101. The molecule has 1 amide bonds. The number of halogens is 1. The number of ether oxygens (including phenoxy) is 2. The Morgan fingerprint density at radius 2 is 1.97 bits per heavy atom. The molecule has 2 aromatic carbocycles. The Labute approximate surface area is 184 Å². The third-order valence-electron chi connectivity index (χ3n) is 4.80. The van der Waals surface area contributed by atoms with Gasteiger partial charge >= 0.3 is 0 Å². The normalized spacial score (nSPS) is 12.1. The zero-order valence-corrected chi connectivity index (χ0v) is 17.5. The number of thiazole rings is 1. The number of aryl methyl sites for hydroxylation is 1. The van der Waals surface area contributed by atoms with Crippen LogP contribution < -0.4 is 20.2 Å². The molecule has 10 heteroatoms. The molecule has 0 bridgehead atoms. The van der Waals surface area contributed by atoms with Gasteiger partial charge in [-0.1, -0.05) is 12.1 Å². The average molecular weight is 450 g/mol. The third-order valence-corrected chi connectivity index (χ3v) is 5.55. The van der Waals surface area contributed by atoms with E-state index in [0.29, 0.717) is 28.0 Å². The Bertz CT molecular complexity index is 1420. The van der Waals surface area contributed by atoms with Gasteiger partial charge in [-0.15, -0.1) is 11.3 Å². The Hall–Kier alpha value is -4.05. The molecule has 0 atom stereocenters. The van der Waals surface area contributed by atoms with Gasteiger partial charge in [0, 0.05) is 22.7 Å². The van der Waals surface area contributed by atoms with Crippen molar-refractivity contribution in [3.05, 3.63) is 81.3 Å². The number of para-hydroxylation sites is 1. The Balaban J connectivity index is 1.42. The predicted octanol–water partition coefficient (Wildman–Crippen LogP) is 3.78. The molecular formula is C22H15FN4O4S. The van der Waals surface area contributed by atoms with Crippen LogP contribution in [0.4, 0.5) is 9.52 Å². The molecule has 1 N–H and O–H groups in total. The van der Waals surface area contributed by atoms with Crippen LogP contribution >= 0.6 is 11.3 Å². The highest BCUT2D eigenvalue weighted by atomic mass is 32.1. The number of hydrogen-bond acceptors (Lipinski definition) is 7. The molecule has 2 aromatic heterocycles. The van der Waals surface area contributed by atoms with Crippen molar-refractivity contribution >= 4 is 22.4 Å². The van der Waals surface area contributed by atoms with Crippen LogP contribution in [0.5, 0.6) is 11.5 Å². The molecule has 1 aliphatic rings. The van der Waals surface area contributed by atoms with E-state index in [-0.39, 0.29) is 18.2 Å². The van der Waals surface area contributed by atoms with Crippen LogP contribution in [-0.4, -0.2) is 27.5 Å². The summed E-state index contributed by atoms with van der Waals surface area (Å²) in [6.45, 7) is 1.78. The summed E-state index contributed by atoms with van der Waals surface area (Å²) in [5.41, 5.74) is 1.03. The van der Waals surface area contributed by atoms with Crippen LogP contribution in [0.15, 0.2) is 58.7 Å². The molecular weight excluding hydrogens is 435 g/mol. The van der Waals surface area contributed by atoms with E-state index in [2.05, 4.69) is 15.4 Å². The van der Waals surface area contributed by atoms with Gasteiger partial charge in [-0.05, 0) is 37.3 Å². The third kappa shape index (κ3) is 3.60. The molecule has 0 radical (unpaired) electrons. The second-order valence-electron chi connectivity index (χ2n) is 6.92. The quantitative estimate of drug-likeness (QED) is 0.508. The first kappa shape index (κ1) is 19.9. The number of hydrogen-bond donors (Lipinski definition) is 1. The van der Waals surface area contributed by atoms with Crippen molar-refractivity contribution in [1.29, 1.82) is 0 Å². The van der Waals surface area contributed by atoms with Crippen molar-refractivity contribution in [1.82, 2.24) is 14.8 Å². The lowest BCUT2D eigenvalue weighted by atomic mass is 10.1. The lowest BCUT2D eigenvalue weighted by Gasteiger charge is -2.11. The van der Waals surface area contributed by atoms with Gasteiger partial charge in [-0.25, -0.2) is 14.1 Å². The molecule has 0 fully saturated rings. The number of nitrogens with zero attached hydrogens (tertiary/aromatic N) is 3. The van der Waals surface area contributed by atoms with Gasteiger partial charge < -0.3 is 9.47 Å². The number of rotatable bonds is 4. The first-order valence-corrected chi connectivity index (χ1v) is 10.4. The average Bonchev–Trinajstić information content (AvgIpc) is 3.43. The van der Waals surface area contributed by atoms with Crippen molar-refractivity contribution in [2.24, 2.45) is 0 Å². The first-order chi connectivity index (χ1) is 15.5. The maximum atomic E-state index is 14.2. The summed E-state index contributed by atoms with van der Waals surface area (Å²) in [5.74, 6) is 0.0331. The van der Waals surface area contributed by atoms with Gasteiger partial charge in [0.05, 0.1) is 5.69 Å². The van der Waals surface area contributed by atoms with E-state index in [4.69, 9.17) is 9.47 Å². The Morgan fingerprint density at radius 1 is 1.16 bits per heavy atom. The smallest absolute Gasteiger partial charge is 0.281 e.